The van der Waals surface area contributed by atoms with Gasteiger partial charge in [-0.05, 0) is 44.0 Å². The number of nitrogens with one attached hydrogen (secondary N) is 2. The highest BCUT2D eigenvalue weighted by molar-refractivity contribution is 7.89. The molecule has 11 nitrogen and oxygen atoms in total. The topological polar surface area (TPSA) is 131 Å². The number of aromatic nitrogens is 4. The number of benzene rings is 1. The number of piperidine rings is 1. The van der Waals surface area contributed by atoms with Crippen LogP contribution in [0.5, 0.6) is 0 Å². The van der Waals surface area contributed by atoms with Gasteiger partial charge >= 0.3 is 0 Å². The average Bonchev–Trinajstić information content (AvgIpc) is 3.35. The second-order valence-electron chi connectivity index (χ2n) is 8.37. The second kappa shape index (κ2) is 9.80. The Morgan fingerprint density at radius 2 is 1.57 bits per heavy atom. The lowest BCUT2D eigenvalue weighted by Crippen LogP contribution is -2.41. The number of halogens is 1. The van der Waals surface area contributed by atoms with Gasteiger partial charge < -0.3 is 10.6 Å². The predicted molar refractivity (Wildman–Crippen MR) is 131 cm³/mol. The van der Waals surface area contributed by atoms with E-state index in [-0.39, 0.29) is 35.3 Å². The maximum Gasteiger partial charge on any atom is 0.276 e. The molecule has 2 amide bonds. The van der Waals surface area contributed by atoms with Gasteiger partial charge in [0.1, 0.15) is 5.69 Å². The van der Waals surface area contributed by atoms with Crippen molar-refractivity contribution in [3.63, 3.8) is 0 Å². The Hall–Kier alpha value is -3.22. The molecule has 0 saturated carbocycles. The van der Waals surface area contributed by atoms with Gasteiger partial charge in [0, 0.05) is 38.1 Å². The summed E-state index contributed by atoms with van der Waals surface area (Å²) in [5, 5.41) is 14.3. The Kier molecular flexibility index (Phi) is 6.97. The number of nitrogens with zero attached hydrogens (tertiary/aromatic N) is 5. The number of rotatable bonds is 6. The Balaban J connectivity index is 1.40. The lowest BCUT2D eigenvalue weighted by molar-refractivity contribution is -0.120. The standard InChI is InChI=1S/C22H26ClN7O4S/c1-14-18(12-24-28(14)2)26-22(32)20-19(13-25-29(20)3)27-21(31)15-8-10-30(11-9-15)35(33,34)17-6-4-16(23)5-7-17/h4-7,12-13,15H,8-11H2,1-3H3,(H,26,32)(H,27,31). The van der Waals surface area contributed by atoms with Crippen LogP contribution in [0.25, 0.3) is 0 Å². The first-order chi connectivity index (χ1) is 16.6. The molecule has 1 aliphatic heterocycles. The lowest BCUT2D eigenvalue weighted by Gasteiger charge is -2.30. The summed E-state index contributed by atoms with van der Waals surface area (Å²) in [6.45, 7) is 2.25. The number of hydrogen-bond acceptors (Lipinski definition) is 6. The molecule has 0 bridgehead atoms. The first-order valence-corrected chi connectivity index (χ1v) is 12.8. The van der Waals surface area contributed by atoms with Gasteiger partial charge in [-0.1, -0.05) is 11.6 Å². The van der Waals surface area contributed by atoms with E-state index in [2.05, 4.69) is 20.8 Å². The first kappa shape index (κ1) is 24.9. The molecule has 1 saturated heterocycles. The van der Waals surface area contributed by atoms with Crippen LogP contribution in [0.4, 0.5) is 11.4 Å². The van der Waals surface area contributed by atoms with Crippen LogP contribution in [-0.2, 0) is 28.9 Å². The number of carbonyl (C=O) groups is 2. The van der Waals surface area contributed by atoms with Gasteiger partial charge in [-0.3, -0.25) is 19.0 Å². The van der Waals surface area contributed by atoms with Crippen molar-refractivity contribution in [2.45, 2.75) is 24.7 Å². The third-order valence-electron chi connectivity index (χ3n) is 6.17. The Labute approximate surface area is 208 Å². The van der Waals surface area contributed by atoms with Crippen LogP contribution < -0.4 is 10.6 Å². The van der Waals surface area contributed by atoms with E-state index in [0.717, 1.165) is 5.69 Å². The number of sulfonamides is 1. The lowest BCUT2D eigenvalue weighted by atomic mass is 9.97. The van der Waals surface area contributed by atoms with E-state index < -0.39 is 21.8 Å². The van der Waals surface area contributed by atoms with Gasteiger partial charge in [0.2, 0.25) is 15.9 Å². The Morgan fingerprint density at radius 1 is 0.971 bits per heavy atom. The van der Waals surface area contributed by atoms with Crippen molar-refractivity contribution in [3.8, 4) is 0 Å². The fourth-order valence-electron chi connectivity index (χ4n) is 3.95. The van der Waals surface area contributed by atoms with Gasteiger partial charge in [0.15, 0.2) is 0 Å². The summed E-state index contributed by atoms with van der Waals surface area (Å²) < 4.78 is 30.2. The summed E-state index contributed by atoms with van der Waals surface area (Å²) >= 11 is 5.86. The van der Waals surface area contributed by atoms with Crippen LogP contribution in [0.15, 0.2) is 41.6 Å². The van der Waals surface area contributed by atoms with Crippen LogP contribution in [0.1, 0.15) is 29.0 Å². The summed E-state index contributed by atoms with van der Waals surface area (Å²) in [5.41, 5.74) is 1.83. The van der Waals surface area contributed by atoms with Crippen LogP contribution in [0.3, 0.4) is 0 Å². The molecule has 1 aromatic carbocycles. The molecule has 0 unspecified atom stereocenters. The highest BCUT2D eigenvalue weighted by atomic mass is 35.5. The molecule has 2 N–H and O–H groups in total. The number of hydrogen-bond donors (Lipinski definition) is 2. The third kappa shape index (κ3) is 5.09. The van der Waals surface area contributed by atoms with Crippen molar-refractivity contribution in [2.75, 3.05) is 23.7 Å². The molecular weight excluding hydrogens is 494 g/mol. The summed E-state index contributed by atoms with van der Waals surface area (Å²) in [4.78, 5) is 26.0. The molecule has 2 aromatic heterocycles. The van der Waals surface area contributed by atoms with Crippen molar-refractivity contribution in [1.82, 2.24) is 23.9 Å². The monoisotopic (exact) mass is 519 g/mol. The highest BCUT2D eigenvalue weighted by Crippen LogP contribution is 2.26. The maximum absolute atomic E-state index is 13.0. The average molecular weight is 520 g/mol. The Bertz CT molecular complexity index is 1360. The van der Waals surface area contributed by atoms with E-state index in [9.17, 15) is 18.0 Å². The molecule has 1 fully saturated rings. The predicted octanol–water partition coefficient (Wildman–Crippen LogP) is 2.41. The van der Waals surface area contributed by atoms with Crippen LogP contribution in [-0.4, -0.2) is 57.2 Å². The van der Waals surface area contributed by atoms with Crippen molar-refractivity contribution in [1.29, 1.82) is 0 Å². The van der Waals surface area contributed by atoms with E-state index in [1.54, 1.807) is 25.0 Å². The number of amides is 2. The van der Waals surface area contributed by atoms with Crippen LogP contribution in [0.2, 0.25) is 5.02 Å². The molecule has 0 aliphatic carbocycles. The zero-order valence-electron chi connectivity index (χ0n) is 19.5. The summed E-state index contributed by atoms with van der Waals surface area (Å²) in [6, 6.07) is 6.01. The fraction of sp³-hybridized carbons (Fsp3) is 0.364. The largest absolute Gasteiger partial charge is 0.323 e. The number of aryl methyl sites for hydroxylation is 2. The Morgan fingerprint density at radius 3 is 2.17 bits per heavy atom. The van der Waals surface area contributed by atoms with Crippen LogP contribution >= 0.6 is 11.6 Å². The van der Waals surface area contributed by atoms with Crippen molar-refractivity contribution >= 4 is 44.8 Å². The number of anilines is 2. The first-order valence-electron chi connectivity index (χ1n) is 11.0. The van der Waals surface area contributed by atoms with E-state index in [1.165, 1.54) is 39.4 Å². The molecule has 3 heterocycles. The minimum absolute atomic E-state index is 0.166. The smallest absolute Gasteiger partial charge is 0.276 e. The van der Waals surface area contributed by atoms with E-state index in [1.807, 2.05) is 6.92 Å². The normalized spacial score (nSPS) is 15.2. The molecule has 3 aromatic rings. The van der Waals surface area contributed by atoms with Crippen molar-refractivity contribution < 1.29 is 18.0 Å². The fourth-order valence-corrected chi connectivity index (χ4v) is 5.55. The van der Waals surface area contributed by atoms with Gasteiger partial charge in [-0.2, -0.15) is 14.5 Å². The van der Waals surface area contributed by atoms with E-state index >= 15 is 0 Å². The molecule has 35 heavy (non-hydrogen) atoms. The molecule has 0 spiro atoms. The quantitative estimate of drug-likeness (QED) is 0.514. The summed E-state index contributed by atoms with van der Waals surface area (Å²) in [6.07, 6.45) is 3.68. The highest BCUT2D eigenvalue weighted by Gasteiger charge is 2.33. The second-order valence-corrected chi connectivity index (χ2v) is 10.7. The minimum atomic E-state index is -3.66. The molecule has 1 aliphatic rings. The van der Waals surface area contributed by atoms with Gasteiger partial charge in [0.05, 0.1) is 34.4 Å². The van der Waals surface area contributed by atoms with Gasteiger partial charge in [-0.25, -0.2) is 8.42 Å². The molecule has 13 heteroatoms. The van der Waals surface area contributed by atoms with Crippen molar-refractivity contribution in [2.24, 2.45) is 20.0 Å². The molecule has 0 radical (unpaired) electrons. The van der Waals surface area contributed by atoms with Crippen molar-refractivity contribution in [3.05, 3.63) is 53.1 Å². The zero-order chi connectivity index (χ0) is 25.3. The molecule has 186 valence electrons. The van der Waals surface area contributed by atoms with E-state index in [4.69, 9.17) is 11.6 Å². The van der Waals surface area contributed by atoms with Gasteiger partial charge in [0.25, 0.3) is 5.91 Å². The number of carbonyl (C=O) groups excluding carboxylic acids is 2. The minimum Gasteiger partial charge on any atom is -0.323 e. The molecule has 0 atom stereocenters. The SMILES string of the molecule is Cc1c(NC(=O)c2c(NC(=O)C3CCN(S(=O)(=O)c4ccc(Cl)cc4)CC3)cnn2C)cnn1C. The summed E-state index contributed by atoms with van der Waals surface area (Å²) in [7, 11) is -0.281. The maximum atomic E-state index is 13.0. The summed E-state index contributed by atoms with van der Waals surface area (Å²) in [5.74, 6) is -1.11. The third-order valence-corrected chi connectivity index (χ3v) is 8.34. The van der Waals surface area contributed by atoms with Gasteiger partial charge in [-0.15, -0.1) is 0 Å². The molecule has 4 rings (SSSR count). The van der Waals surface area contributed by atoms with Crippen LogP contribution in [0, 0.1) is 12.8 Å². The zero-order valence-corrected chi connectivity index (χ0v) is 21.1. The molecular formula is C22H26ClN7O4S. The van der Waals surface area contributed by atoms with E-state index in [0.29, 0.717) is 23.6 Å².